The lowest BCUT2D eigenvalue weighted by atomic mass is 10.1. The van der Waals surface area contributed by atoms with Crippen molar-refractivity contribution in [1.29, 1.82) is 0 Å². The Bertz CT molecular complexity index is 828. The van der Waals surface area contributed by atoms with E-state index in [9.17, 15) is 17.9 Å². The van der Waals surface area contributed by atoms with Gasteiger partial charge in [0, 0.05) is 13.1 Å². The van der Waals surface area contributed by atoms with Gasteiger partial charge in [-0.1, -0.05) is 18.2 Å². The van der Waals surface area contributed by atoms with Crippen LogP contribution in [0.4, 0.5) is 4.39 Å². The van der Waals surface area contributed by atoms with E-state index in [4.69, 9.17) is 0 Å². The molecule has 0 radical (unpaired) electrons. The number of sulfone groups is 1. The first-order valence-corrected chi connectivity index (χ1v) is 11.1. The van der Waals surface area contributed by atoms with Crippen molar-refractivity contribution in [1.82, 2.24) is 10.6 Å². The summed E-state index contributed by atoms with van der Waals surface area (Å²) < 4.78 is 37.5. The fourth-order valence-corrected chi connectivity index (χ4v) is 4.81. The molecule has 0 saturated heterocycles. The number of hydrogen-bond donors (Lipinski definition) is 3. The molecular weight excluding hydrogens is 516 g/mol. The standard InChI is InChI=1S/C18H24FN3O3S2.HI/c1-2-20-18(21-10-9-14-5-7-15(19)8-6-14)22-12-16(23)13-27(24,25)17-4-3-11-26-17;/h3-8,11,16,23H,2,9-10,12-13H2,1H3,(H2,20,21,22);1H. The van der Waals surface area contributed by atoms with Crippen LogP contribution in [-0.4, -0.2) is 51.0 Å². The molecule has 28 heavy (non-hydrogen) atoms. The maximum Gasteiger partial charge on any atom is 0.191 e. The molecule has 1 heterocycles. The molecule has 0 aliphatic heterocycles. The van der Waals surface area contributed by atoms with Gasteiger partial charge in [0.25, 0.3) is 0 Å². The average Bonchev–Trinajstić information content (AvgIpc) is 3.17. The summed E-state index contributed by atoms with van der Waals surface area (Å²) in [4.78, 5) is 4.25. The Kier molecular flexibility index (Phi) is 10.9. The van der Waals surface area contributed by atoms with Crippen LogP contribution in [0, 0.1) is 5.82 Å². The molecule has 0 fully saturated rings. The Labute approximate surface area is 186 Å². The fourth-order valence-electron chi connectivity index (χ4n) is 2.34. The van der Waals surface area contributed by atoms with Crippen LogP contribution in [0.25, 0.3) is 0 Å². The number of nitrogens with one attached hydrogen (secondary N) is 2. The molecule has 10 heteroatoms. The highest BCUT2D eigenvalue weighted by Crippen LogP contribution is 2.18. The second-order valence-corrected chi connectivity index (χ2v) is 9.10. The third-order valence-corrected chi connectivity index (χ3v) is 6.92. The molecular formula is C18H25FIN3O3S2. The van der Waals surface area contributed by atoms with Crippen molar-refractivity contribution < 1.29 is 17.9 Å². The number of guanidine groups is 1. The van der Waals surface area contributed by atoms with Crippen LogP contribution in [0.5, 0.6) is 0 Å². The fraction of sp³-hybridized carbons (Fsp3) is 0.389. The van der Waals surface area contributed by atoms with Gasteiger partial charge in [0.05, 0.1) is 18.4 Å². The molecule has 0 aliphatic rings. The van der Waals surface area contributed by atoms with E-state index in [1.54, 1.807) is 23.6 Å². The van der Waals surface area contributed by atoms with Crippen LogP contribution < -0.4 is 10.6 Å². The van der Waals surface area contributed by atoms with Crippen LogP contribution in [0.3, 0.4) is 0 Å². The van der Waals surface area contributed by atoms with Crippen molar-refractivity contribution in [3.8, 4) is 0 Å². The first-order chi connectivity index (χ1) is 12.9. The normalized spacial score (nSPS) is 12.9. The molecule has 3 N–H and O–H groups in total. The summed E-state index contributed by atoms with van der Waals surface area (Å²) in [6.45, 7) is 3.08. The molecule has 0 bridgehead atoms. The van der Waals surface area contributed by atoms with Crippen molar-refractivity contribution >= 4 is 51.1 Å². The van der Waals surface area contributed by atoms with Crippen LogP contribution in [0.2, 0.25) is 0 Å². The predicted molar refractivity (Wildman–Crippen MR) is 122 cm³/mol. The second-order valence-electron chi connectivity index (χ2n) is 5.89. The number of aliphatic hydroxyl groups excluding tert-OH is 1. The van der Waals surface area contributed by atoms with Gasteiger partial charge in [0.2, 0.25) is 0 Å². The highest BCUT2D eigenvalue weighted by Gasteiger charge is 2.20. The summed E-state index contributed by atoms with van der Waals surface area (Å²) in [5.41, 5.74) is 0.988. The number of benzene rings is 1. The van der Waals surface area contributed by atoms with E-state index in [1.165, 1.54) is 18.2 Å². The van der Waals surface area contributed by atoms with E-state index in [0.29, 0.717) is 25.5 Å². The van der Waals surface area contributed by atoms with Gasteiger partial charge in [-0.25, -0.2) is 12.8 Å². The average molecular weight is 541 g/mol. The zero-order valence-electron chi connectivity index (χ0n) is 15.5. The molecule has 1 atom stereocenters. The predicted octanol–water partition coefficient (Wildman–Crippen LogP) is 2.44. The number of rotatable bonds is 9. The van der Waals surface area contributed by atoms with Crippen molar-refractivity contribution in [3.05, 3.63) is 53.2 Å². The topological polar surface area (TPSA) is 90.8 Å². The molecule has 2 rings (SSSR count). The summed E-state index contributed by atoms with van der Waals surface area (Å²) >= 11 is 1.13. The lowest BCUT2D eigenvalue weighted by molar-refractivity contribution is 0.206. The van der Waals surface area contributed by atoms with Gasteiger partial charge in [-0.2, -0.15) is 0 Å². The molecule has 1 aromatic carbocycles. The Morgan fingerprint density at radius 3 is 2.57 bits per heavy atom. The highest BCUT2D eigenvalue weighted by molar-refractivity contribution is 14.0. The number of nitrogens with zero attached hydrogens (tertiary/aromatic N) is 1. The second kappa shape index (κ2) is 12.3. The quantitative estimate of drug-likeness (QED) is 0.258. The summed E-state index contributed by atoms with van der Waals surface area (Å²) in [6.07, 6.45) is -0.412. The maximum absolute atomic E-state index is 12.9. The molecule has 0 spiro atoms. The highest BCUT2D eigenvalue weighted by atomic mass is 127. The van der Waals surface area contributed by atoms with Crippen molar-refractivity contribution in [3.63, 3.8) is 0 Å². The van der Waals surface area contributed by atoms with Gasteiger partial charge < -0.3 is 15.7 Å². The van der Waals surface area contributed by atoms with E-state index in [0.717, 1.165) is 16.9 Å². The molecule has 1 aromatic heterocycles. The molecule has 156 valence electrons. The zero-order valence-corrected chi connectivity index (χ0v) is 19.4. The summed E-state index contributed by atoms with van der Waals surface area (Å²) in [5.74, 6) is -0.147. The van der Waals surface area contributed by atoms with Crippen LogP contribution in [0.15, 0.2) is 51.0 Å². The molecule has 0 saturated carbocycles. The van der Waals surface area contributed by atoms with Crippen LogP contribution in [0.1, 0.15) is 12.5 Å². The van der Waals surface area contributed by atoms with Gasteiger partial charge in [-0.3, -0.25) is 4.99 Å². The van der Waals surface area contributed by atoms with Gasteiger partial charge in [0.1, 0.15) is 10.0 Å². The summed E-state index contributed by atoms with van der Waals surface area (Å²) in [7, 11) is -3.51. The number of halogens is 2. The minimum absolute atomic E-state index is 0. The smallest absolute Gasteiger partial charge is 0.191 e. The van der Waals surface area contributed by atoms with Gasteiger partial charge in [-0.15, -0.1) is 35.3 Å². The van der Waals surface area contributed by atoms with E-state index < -0.39 is 15.9 Å². The Hall–Kier alpha value is -1.24. The summed E-state index contributed by atoms with van der Waals surface area (Å²) in [5, 5.41) is 17.9. The van der Waals surface area contributed by atoms with Crippen LogP contribution >= 0.6 is 35.3 Å². The Morgan fingerprint density at radius 2 is 1.96 bits per heavy atom. The van der Waals surface area contributed by atoms with E-state index in [-0.39, 0.29) is 46.3 Å². The van der Waals surface area contributed by atoms with Crippen molar-refractivity contribution in [2.24, 2.45) is 4.99 Å². The number of thiophene rings is 1. The largest absolute Gasteiger partial charge is 0.390 e. The minimum atomic E-state index is -3.51. The molecule has 0 aliphatic carbocycles. The third-order valence-electron chi connectivity index (χ3n) is 3.64. The van der Waals surface area contributed by atoms with Gasteiger partial charge >= 0.3 is 0 Å². The van der Waals surface area contributed by atoms with E-state index in [1.807, 2.05) is 6.92 Å². The zero-order chi connectivity index (χ0) is 19.7. The Morgan fingerprint density at radius 1 is 1.25 bits per heavy atom. The number of aliphatic hydroxyl groups is 1. The third kappa shape index (κ3) is 8.41. The van der Waals surface area contributed by atoms with Gasteiger partial charge in [0.15, 0.2) is 15.8 Å². The molecule has 6 nitrogen and oxygen atoms in total. The first kappa shape index (κ1) is 24.8. The minimum Gasteiger partial charge on any atom is -0.390 e. The summed E-state index contributed by atoms with van der Waals surface area (Å²) in [6, 6.07) is 9.46. The molecule has 2 aromatic rings. The lowest BCUT2D eigenvalue weighted by Gasteiger charge is -2.13. The van der Waals surface area contributed by atoms with Crippen molar-refractivity contribution in [2.45, 2.75) is 23.7 Å². The number of aliphatic imine (C=N–C) groups is 1. The SMILES string of the molecule is CCNC(=NCC(O)CS(=O)(=O)c1cccs1)NCCc1ccc(F)cc1.I. The monoisotopic (exact) mass is 541 g/mol. The van der Waals surface area contributed by atoms with Gasteiger partial charge in [-0.05, 0) is 42.5 Å². The molecule has 1 unspecified atom stereocenters. The lowest BCUT2D eigenvalue weighted by Crippen LogP contribution is -2.39. The maximum atomic E-state index is 12.9. The van der Waals surface area contributed by atoms with E-state index in [2.05, 4.69) is 15.6 Å². The van der Waals surface area contributed by atoms with E-state index >= 15 is 0 Å². The van der Waals surface area contributed by atoms with Crippen molar-refractivity contribution in [2.75, 3.05) is 25.4 Å². The molecule has 0 amide bonds. The number of hydrogen-bond acceptors (Lipinski definition) is 5. The Balaban J connectivity index is 0.00000392. The first-order valence-electron chi connectivity index (χ1n) is 8.61. The van der Waals surface area contributed by atoms with Crippen LogP contribution in [-0.2, 0) is 16.3 Å².